The van der Waals surface area contributed by atoms with Crippen LogP contribution in [0.25, 0.3) is 0 Å². The number of hydrogen-bond acceptors (Lipinski definition) is 1. The molecule has 0 bridgehead atoms. The van der Waals surface area contributed by atoms with Gasteiger partial charge in [-0.2, -0.15) is 0 Å². The lowest BCUT2D eigenvalue weighted by Crippen LogP contribution is -2.05. The number of Topliss-reactive ketones (excluding diaryl/α,β-unsaturated/α-hetero) is 1. The van der Waals surface area contributed by atoms with Gasteiger partial charge in [-0.05, 0) is 81.1 Å². The van der Waals surface area contributed by atoms with E-state index in [9.17, 15) is 4.79 Å². The first-order chi connectivity index (χ1) is 8.56. The molecular formula is C14H9BrI2O. The van der Waals surface area contributed by atoms with E-state index < -0.39 is 0 Å². The van der Waals surface area contributed by atoms with Crippen molar-refractivity contribution in [3.63, 3.8) is 0 Å². The summed E-state index contributed by atoms with van der Waals surface area (Å²) in [5.41, 5.74) is 1.83. The molecule has 0 spiro atoms. The van der Waals surface area contributed by atoms with Crippen molar-refractivity contribution in [3.05, 3.63) is 65.2 Å². The Labute approximate surface area is 142 Å². The summed E-state index contributed by atoms with van der Waals surface area (Å²) in [7, 11) is 0. The lowest BCUT2D eigenvalue weighted by Gasteiger charge is -2.05. The van der Waals surface area contributed by atoms with Crippen molar-refractivity contribution in [1.29, 1.82) is 0 Å². The molecule has 4 heteroatoms. The first-order valence-electron chi connectivity index (χ1n) is 5.29. The lowest BCUT2D eigenvalue weighted by atomic mass is 10.0. The van der Waals surface area contributed by atoms with E-state index in [1.807, 2.05) is 42.5 Å². The van der Waals surface area contributed by atoms with E-state index in [0.717, 1.165) is 19.2 Å². The Morgan fingerprint density at radius 3 is 2.39 bits per heavy atom. The van der Waals surface area contributed by atoms with Gasteiger partial charge in [0.05, 0.1) is 0 Å². The van der Waals surface area contributed by atoms with Crippen molar-refractivity contribution in [3.8, 4) is 0 Å². The molecule has 0 fully saturated rings. The molecule has 0 aliphatic carbocycles. The molecule has 92 valence electrons. The fourth-order valence-electron chi connectivity index (χ4n) is 1.59. The van der Waals surface area contributed by atoms with Gasteiger partial charge >= 0.3 is 0 Å². The highest BCUT2D eigenvalue weighted by Gasteiger charge is 2.11. The summed E-state index contributed by atoms with van der Waals surface area (Å²) in [6.45, 7) is 0. The van der Waals surface area contributed by atoms with Crippen LogP contribution in [0.3, 0.4) is 0 Å². The average Bonchev–Trinajstić information content (AvgIpc) is 2.35. The Balaban J connectivity index is 2.21. The lowest BCUT2D eigenvalue weighted by molar-refractivity contribution is 0.0992. The first-order valence-corrected chi connectivity index (χ1v) is 8.24. The van der Waals surface area contributed by atoms with E-state index >= 15 is 0 Å². The second-order valence-corrected chi connectivity index (χ2v) is 7.17. The van der Waals surface area contributed by atoms with Gasteiger partial charge in [-0.15, -0.1) is 0 Å². The Hall–Kier alpha value is 0.0500. The van der Waals surface area contributed by atoms with Gasteiger partial charge < -0.3 is 0 Å². The number of benzene rings is 2. The molecule has 0 saturated carbocycles. The van der Waals surface area contributed by atoms with Crippen LogP contribution in [0.4, 0.5) is 0 Å². The van der Waals surface area contributed by atoms with Gasteiger partial charge in [0, 0.05) is 23.6 Å². The molecule has 18 heavy (non-hydrogen) atoms. The summed E-state index contributed by atoms with van der Waals surface area (Å²) in [4.78, 5) is 12.2. The standard InChI is InChI=1S/C14H9BrI2O/c15-10-3-6-13(17)12(8-10)14(18)7-9-1-4-11(16)5-2-9/h1-6,8H,7H2. The van der Waals surface area contributed by atoms with Crippen LogP contribution in [-0.2, 0) is 6.42 Å². The van der Waals surface area contributed by atoms with Gasteiger partial charge in [0.15, 0.2) is 5.78 Å². The van der Waals surface area contributed by atoms with Crippen LogP contribution in [-0.4, -0.2) is 5.78 Å². The van der Waals surface area contributed by atoms with Crippen LogP contribution in [0, 0.1) is 7.14 Å². The summed E-state index contributed by atoms with van der Waals surface area (Å²) >= 11 is 7.86. The van der Waals surface area contributed by atoms with Crippen molar-refractivity contribution in [2.24, 2.45) is 0 Å². The van der Waals surface area contributed by atoms with E-state index in [-0.39, 0.29) is 5.78 Å². The van der Waals surface area contributed by atoms with Gasteiger partial charge in [0.25, 0.3) is 0 Å². The smallest absolute Gasteiger partial charge is 0.168 e. The number of ketones is 1. The maximum Gasteiger partial charge on any atom is 0.168 e. The van der Waals surface area contributed by atoms with Crippen LogP contribution in [0.15, 0.2) is 46.9 Å². The number of halogens is 3. The zero-order valence-corrected chi connectivity index (χ0v) is 15.2. The van der Waals surface area contributed by atoms with Crippen LogP contribution < -0.4 is 0 Å². The molecule has 0 aromatic heterocycles. The highest BCUT2D eigenvalue weighted by Crippen LogP contribution is 2.20. The second-order valence-electron chi connectivity index (χ2n) is 3.85. The van der Waals surface area contributed by atoms with E-state index in [0.29, 0.717) is 6.42 Å². The summed E-state index contributed by atoms with van der Waals surface area (Å²) in [6, 6.07) is 13.8. The van der Waals surface area contributed by atoms with Crippen LogP contribution in [0.2, 0.25) is 0 Å². The molecular weight excluding hydrogens is 518 g/mol. The van der Waals surface area contributed by atoms with Crippen molar-refractivity contribution >= 4 is 66.9 Å². The summed E-state index contributed by atoms with van der Waals surface area (Å²) in [6.07, 6.45) is 0.448. The Morgan fingerprint density at radius 1 is 1.06 bits per heavy atom. The maximum atomic E-state index is 12.2. The van der Waals surface area contributed by atoms with E-state index in [4.69, 9.17) is 0 Å². The highest BCUT2D eigenvalue weighted by atomic mass is 127. The quantitative estimate of drug-likeness (QED) is 0.402. The molecule has 2 aromatic rings. The van der Waals surface area contributed by atoms with E-state index in [1.54, 1.807) is 0 Å². The number of carbonyl (C=O) groups excluding carboxylic acids is 1. The zero-order valence-electron chi connectivity index (χ0n) is 9.29. The van der Waals surface area contributed by atoms with E-state index in [1.165, 1.54) is 3.57 Å². The minimum atomic E-state index is 0.155. The molecule has 0 radical (unpaired) electrons. The Bertz CT molecular complexity index is 579. The number of carbonyl (C=O) groups is 1. The largest absolute Gasteiger partial charge is 0.294 e. The normalized spacial score (nSPS) is 10.4. The Kier molecular flexibility index (Phi) is 5.20. The molecule has 0 saturated heterocycles. The molecule has 2 aromatic carbocycles. The van der Waals surface area contributed by atoms with Crippen LogP contribution in [0.5, 0.6) is 0 Å². The Morgan fingerprint density at radius 2 is 1.72 bits per heavy atom. The van der Waals surface area contributed by atoms with Gasteiger partial charge in [-0.25, -0.2) is 0 Å². The summed E-state index contributed by atoms with van der Waals surface area (Å²) in [5.74, 6) is 0.155. The van der Waals surface area contributed by atoms with Crippen molar-refractivity contribution in [2.75, 3.05) is 0 Å². The molecule has 2 rings (SSSR count). The molecule has 1 nitrogen and oxygen atoms in total. The third kappa shape index (κ3) is 3.77. The molecule has 0 amide bonds. The van der Waals surface area contributed by atoms with Gasteiger partial charge in [-0.3, -0.25) is 4.79 Å². The van der Waals surface area contributed by atoms with Crippen LogP contribution >= 0.6 is 61.1 Å². The van der Waals surface area contributed by atoms with Crippen LogP contribution in [0.1, 0.15) is 15.9 Å². The van der Waals surface area contributed by atoms with Gasteiger partial charge in [0.2, 0.25) is 0 Å². The topological polar surface area (TPSA) is 17.1 Å². The number of hydrogen-bond donors (Lipinski definition) is 0. The predicted molar refractivity (Wildman–Crippen MR) is 94.1 cm³/mol. The SMILES string of the molecule is O=C(Cc1ccc(I)cc1)c1cc(Br)ccc1I. The average molecular weight is 527 g/mol. The number of rotatable bonds is 3. The van der Waals surface area contributed by atoms with Gasteiger partial charge in [0.1, 0.15) is 0 Å². The van der Waals surface area contributed by atoms with Gasteiger partial charge in [-0.1, -0.05) is 28.1 Å². The molecule has 0 unspecified atom stereocenters. The molecule has 0 aliphatic rings. The molecule has 0 N–H and O–H groups in total. The second kappa shape index (κ2) is 6.47. The molecule has 0 heterocycles. The summed E-state index contributed by atoms with van der Waals surface area (Å²) in [5, 5.41) is 0. The van der Waals surface area contributed by atoms with Crippen molar-refractivity contribution in [1.82, 2.24) is 0 Å². The van der Waals surface area contributed by atoms with E-state index in [2.05, 4.69) is 61.1 Å². The maximum absolute atomic E-state index is 12.2. The third-order valence-electron chi connectivity index (χ3n) is 2.51. The highest BCUT2D eigenvalue weighted by molar-refractivity contribution is 14.1. The predicted octanol–water partition coefficient (Wildman–Crippen LogP) is 5.08. The first kappa shape index (κ1) is 14.5. The van der Waals surface area contributed by atoms with Crippen molar-refractivity contribution in [2.45, 2.75) is 6.42 Å². The minimum Gasteiger partial charge on any atom is -0.294 e. The molecule has 0 aliphatic heterocycles. The third-order valence-corrected chi connectivity index (χ3v) is 4.66. The minimum absolute atomic E-state index is 0.155. The monoisotopic (exact) mass is 526 g/mol. The summed E-state index contributed by atoms with van der Waals surface area (Å²) < 4.78 is 3.11. The fourth-order valence-corrected chi connectivity index (χ4v) is 2.95. The fraction of sp³-hybridized carbons (Fsp3) is 0.0714. The molecule has 0 atom stereocenters. The zero-order chi connectivity index (χ0) is 13.1. The van der Waals surface area contributed by atoms with Crippen molar-refractivity contribution < 1.29 is 4.79 Å².